The van der Waals surface area contributed by atoms with Gasteiger partial charge in [0.15, 0.2) is 5.43 Å². The molecule has 0 aliphatic rings. The first-order chi connectivity index (χ1) is 14.2. The fourth-order valence-electron chi connectivity index (χ4n) is 3.03. The molecule has 0 saturated carbocycles. The lowest BCUT2D eigenvalue weighted by Crippen LogP contribution is -2.01. The van der Waals surface area contributed by atoms with Crippen LogP contribution in [0.1, 0.15) is 0 Å². The molecular formula is C22H15N5OS. The number of aromatic nitrogens is 4. The van der Waals surface area contributed by atoms with Crippen LogP contribution in [0.15, 0.2) is 89.6 Å². The predicted molar refractivity (Wildman–Crippen MR) is 116 cm³/mol. The van der Waals surface area contributed by atoms with Crippen molar-refractivity contribution >= 4 is 33.2 Å². The number of rotatable bonds is 4. The highest BCUT2D eigenvalue weighted by Gasteiger charge is 2.05. The van der Waals surface area contributed by atoms with Crippen LogP contribution in [0.5, 0.6) is 0 Å². The first-order valence-corrected chi connectivity index (χ1v) is 9.85. The molecule has 1 N–H and O–H groups in total. The number of benzene rings is 2. The summed E-state index contributed by atoms with van der Waals surface area (Å²) in [6.07, 6.45) is 5.25. The largest absolute Gasteiger partial charge is 0.324 e. The van der Waals surface area contributed by atoms with Gasteiger partial charge >= 0.3 is 0 Å². The van der Waals surface area contributed by atoms with Crippen molar-refractivity contribution in [3.63, 3.8) is 0 Å². The molecule has 3 aromatic heterocycles. The van der Waals surface area contributed by atoms with E-state index >= 15 is 0 Å². The molecule has 5 aromatic rings. The zero-order valence-electron chi connectivity index (χ0n) is 15.2. The van der Waals surface area contributed by atoms with Gasteiger partial charge in [-0.05, 0) is 36.4 Å². The Hall–Kier alpha value is -3.84. The molecule has 7 heteroatoms. The van der Waals surface area contributed by atoms with E-state index in [1.807, 2.05) is 58.6 Å². The molecule has 0 aliphatic carbocycles. The highest BCUT2D eigenvalue weighted by atomic mass is 32.1. The minimum Gasteiger partial charge on any atom is -0.324 e. The summed E-state index contributed by atoms with van der Waals surface area (Å²) in [4.78, 5) is 24.5. The van der Waals surface area contributed by atoms with E-state index in [0.29, 0.717) is 5.95 Å². The topological polar surface area (TPSA) is 72.7 Å². The first-order valence-electron chi connectivity index (χ1n) is 8.97. The first kappa shape index (κ1) is 17.3. The van der Waals surface area contributed by atoms with Gasteiger partial charge in [0.1, 0.15) is 0 Å². The Morgan fingerprint density at radius 1 is 0.897 bits per heavy atom. The van der Waals surface area contributed by atoms with Crippen LogP contribution < -0.4 is 10.7 Å². The van der Waals surface area contributed by atoms with Crippen LogP contribution >= 0.6 is 11.3 Å². The van der Waals surface area contributed by atoms with Gasteiger partial charge in [-0.2, -0.15) is 0 Å². The average molecular weight is 397 g/mol. The lowest BCUT2D eigenvalue weighted by atomic mass is 10.1. The molecule has 3 heterocycles. The van der Waals surface area contributed by atoms with Crippen LogP contribution in [0, 0.1) is 0 Å². The van der Waals surface area contributed by atoms with Crippen molar-refractivity contribution in [3.8, 4) is 16.9 Å². The maximum absolute atomic E-state index is 11.3. The van der Waals surface area contributed by atoms with Gasteiger partial charge in [0.2, 0.25) is 5.95 Å². The smallest absolute Gasteiger partial charge is 0.227 e. The third-order valence-electron chi connectivity index (χ3n) is 4.50. The fourth-order valence-corrected chi connectivity index (χ4v) is 3.75. The standard InChI is InChI=1S/C22H15N5OS/c28-18-8-11-27(12-9-18)17-4-1-15(2-5-17)19-7-10-23-22(26-19)25-16-3-6-20-21(13-16)29-14-24-20/h1-14H,(H,23,25,26). The van der Waals surface area contributed by atoms with Gasteiger partial charge in [-0.15, -0.1) is 11.3 Å². The van der Waals surface area contributed by atoms with Crippen molar-refractivity contribution < 1.29 is 0 Å². The van der Waals surface area contributed by atoms with Crippen LogP contribution in [0.25, 0.3) is 27.2 Å². The monoisotopic (exact) mass is 397 g/mol. The Morgan fingerprint density at radius 2 is 1.72 bits per heavy atom. The number of hydrogen-bond donors (Lipinski definition) is 1. The Bertz CT molecular complexity index is 1340. The quantitative estimate of drug-likeness (QED) is 0.478. The van der Waals surface area contributed by atoms with Crippen LogP contribution in [0.4, 0.5) is 11.6 Å². The zero-order chi connectivity index (χ0) is 19.6. The van der Waals surface area contributed by atoms with Gasteiger partial charge in [0.05, 0.1) is 21.4 Å². The molecule has 0 bridgehead atoms. The van der Waals surface area contributed by atoms with Crippen molar-refractivity contribution in [2.75, 3.05) is 5.32 Å². The van der Waals surface area contributed by atoms with Crippen LogP contribution in [0.2, 0.25) is 0 Å². The number of anilines is 2. The summed E-state index contributed by atoms with van der Waals surface area (Å²) >= 11 is 1.60. The van der Waals surface area contributed by atoms with E-state index in [9.17, 15) is 4.79 Å². The lowest BCUT2D eigenvalue weighted by Gasteiger charge is -2.09. The van der Waals surface area contributed by atoms with Gasteiger partial charge in [-0.1, -0.05) is 12.1 Å². The number of pyridine rings is 1. The van der Waals surface area contributed by atoms with Crippen molar-refractivity contribution in [2.24, 2.45) is 0 Å². The summed E-state index contributed by atoms with van der Waals surface area (Å²) < 4.78 is 3.01. The van der Waals surface area contributed by atoms with Crippen LogP contribution in [0.3, 0.4) is 0 Å². The minimum absolute atomic E-state index is 0.00613. The van der Waals surface area contributed by atoms with Gasteiger partial charge in [0.25, 0.3) is 0 Å². The Balaban J connectivity index is 1.40. The van der Waals surface area contributed by atoms with Crippen molar-refractivity contribution in [3.05, 3.63) is 95.0 Å². The van der Waals surface area contributed by atoms with E-state index in [1.54, 1.807) is 42.1 Å². The van der Waals surface area contributed by atoms with Crippen molar-refractivity contribution in [1.82, 2.24) is 19.5 Å². The molecule has 0 radical (unpaired) electrons. The Morgan fingerprint density at radius 3 is 2.55 bits per heavy atom. The van der Waals surface area contributed by atoms with Crippen LogP contribution in [-0.2, 0) is 0 Å². The molecule has 0 spiro atoms. The molecule has 140 valence electrons. The summed E-state index contributed by atoms with van der Waals surface area (Å²) in [5.41, 5.74) is 6.52. The van der Waals surface area contributed by atoms with E-state index < -0.39 is 0 Å². The minimum atomic E-state index is -0.00613. The zero-order valence-corrected chi connectivity index (χ0v) is 16.0. The van der Waals surface area contributed by atoms with E-state index in [0.717, 1.165) is 32.8 Å². The van der Waals surface area contributed by atoms with Gasteiger partial charge < -0.3 is 9.88 Å². The highest BCUT2D eigenvalue weighted by molar-refractivity contribution is 7.16. The summed E-state index contributed by atoms with van der Waals surface area (Å²) in [5, 5.41) is 3.26. The summed E-state index contributed by atoms with van der Waals surface area (Å²) in [5.74, 6) is 0.538. The number of hydrogen-bond acceptors (Lipinski definition) is 6. The molecule has 2 aromatic carbocycles. The molecular weight excluding hydrogens is 382 g/mol. The third kappa shape index (κ3) is 3.63. The maximum Gasteiger partial charge on any atom is 0.227 e. The van der Waals surface area contributed by atoms with Gasteiger partial charge in [-0.25, -0.2) is 15.0 Å². The lowest BCUT2D eigenvalue weighted by molar-refractivity contribution is 1.04. The molecule has 0 aliphatic heterocycles. The number of nitrogens with one attached hydrogen (secondary N) is 1. The SMILES string of the molecule is O=c1ccn(-c2ccc(-c3ccnc(Nc4ccc5ncsc5c4)n3)cc2)cc1. The second-order valence-electron chi connectivity index (χ2n) is 6.41. The molecule has 6 nitrogen and oxygen atoms in total. The summed E-state index contributed by atoms with van der Waals surface area (Å²) in [7, 11) is 0. The number of fused-ring (bicyclic) bond motifs is 1. The summed E-state index contributed by atoms with van der Waals surface area (Å²) in [6, 6.07) is 18.9. The molecule has 0 saturated heterocycles. The van der Waals surface area contributed by atoms with Crippen molar-refractivity contribution in [2.45, 2.75) is 0 Å². The normalized spacial score (nSPS) is 10.9. The highest BCUT2D eigenvalue weighted by Crippen LogP contribution is 2.24. The number of thiazole rings is 1. The Kier molecular flexibility index (Phi) is 4.34. The van der Waals surface area contributed by atoms with E-state index in [-0.39, 0.29) is 5.43 Å². The Labute approximate surface area is 170 Å². The third-order valence-corrected chi connectivity index (χ3v) is 5.29. The molecule has 5 rings (SSSR count). The molecule has 0 unspecified atom stereocenters. The van der Waals surface area contributed by atoms with E-state index in [4.69, 9.17) is 0 Å². The van der Waals surface area contributed by atoms with E-state index in [1.165, 1.54) is 0 Å². The number of nitrogens with zero attached hydrogens (tertiary/aromatic N) is 4. The maximum atomic E-state index is 11.3. The van der Waals surface area contributed by atoms with Gasteiger partial charge in [0, 0.05) is 47.7 Å². The molecule has 0 amide bonds. The molecule has 0 fully saturated rings. The fraction of sp³-hybridized carbons (Fsp3) is 0. The summed E-state index contributed by atoms with van der Waals surface area (Å²) in [6.45, 7) is 0. The second kappa shape index (κ2) is 7.29. The van der Waals surface area contributed by atoms with Crippen LogP contribution in [-0.4, -0.2) is 19.5 Å². The average Bonchev–Trinajstić information content (AvgIpc) is 3.23. The predicted octanol–water partition coefficient (Wildman–Crippen LogP) is 4.65. The molecule has 29 heavy (non-hydrogen) atoms. The van der Waals surface area contributed by atoms with Gasteiger partial charge in [-0.3, -0.25) is 4.79 Å². The molecule has 0 atom stereocenters. The second-order valence-corrected chi connectivity index (χ2v) is 7.30. The van der Waals surface area contributed by atoms with E-state index in [2.05, 4.69) is 20.3 Å². The van der Waals surface area contributed by atoms with Crippen molar-refractivity contribution in [1.29, 1.82) is 0 Å².